The Labute approximate surface area is 139 Å². The van der Waals surface area contributed by atoms with Gasteiger partial charge in [-0.2, -0.15) is 0 Å². The summed E-state index contributed by atoms with van der Waals surface area (Å²) in [7, 11) is 0. The number of ether oxygens (including phenoxy) is 1. The number of nitrogens with one attached hydrogen (secondary N) is 1. The lowest BCUT2D eigenvalue weighted by molar-refractivity contribution is 0.0951. The molecule has 0 bridgehead atoms. The fourth-order valence-electron chi connectivity index (χ4n) is 2.26. The fourth-order valence-corrected chi connectivity index (χ4v) is 3.09. The highest BCUT2D eigenvalue weighted by Gasteiger charge is 2.13. The van der Waals surface area contributed by atoms with E-state index < -0.39 is 0 Å². The molecule has 116 valence electrons. The Morgan fingerprint density at radius 2 is 1.65 bits per heavy atom. The quantitative estimate of drug-likeness (QED) is 0.690. The minimum absolute atomic E-state index is 0.0597. The van der Waals surface area contributed by atoms with Gasteiger partial charge in [0.15, 0.2) is 0 Å². The van der Waals surface area contributed by atoms with E-state index in [0.29, 0.717) is 13.2 Å². The van der Waals surface area contributed by atoms with Crippen LogP contribution in [0.2, 0.25) is 0 Å². The van der Waals surface area contributed by atoms with Gasteiger partial charge in [-0.25, -0.2) is 0 Å². The topological polar surface area (TPSA) is 38.3 Å². The van der Waals surface area contributed by atoms with Gasteiger partial charge in [-0.3, -0.25) is 4.79 Å². The molecule has 4 heteroatoms. The summed E-state index contributed by atoms with van der Waals surface area (Å²) in [6, 6.07) is 21.5. The van der Waals surface area contributed by atoms with Gasteiger partial charge < -0.3 is 10.1 Å². The Hall–Kier alpha value is -2.59. The van der Waals surface area contributed by atoms with Gasteiger partial charge in [0.1, 0.15) is 12.4 Å². The number of benzene rings is 2. The van der Waals surface area contributed by atoms with Crippen molar-refractivity contribution in [2.75, 3.05) is 13.2 Å². The van der Waals surface area contributed by atoms with Crippen LogP contribution in [0.3, 0.4) is 0 Å². The van der Waals surface area contributed by atoms with E-state index >= 15 is 0 Å². The van der Waals surface area contributed by atoms with Gasteiger partial charge in [-0.15, -0.1) is 11.3 Å². The molecule has 0 radical (unpaired) electrons. The van der Waals surface area contributed by atoms with E-state index in [4.69, 9.17) is 4.74 Å². The molecule has 23 heavy (non-hydrogen) atoms. The Bertz CT molecular complexity index is 753. The van der Waals surface area contributed by atoms with Gasteiger partial charge in [0, 0.05) is 5.56 Å². The average Bonchev–Trinajstić information content (AvgIpc) is 3.10. The average molecular weight is 323 g/mol. The highest BCUT2D eigenvalue weighted by Crippen LogP contribution is 2.27. The third kappa shape index (κ3) is 3.99. The predicted octanol–water partition coefficient (Wildman–Crippen LogP) is 4.22. The first-order chi connectivity index (χ1) is 11.3. The lowest BCUT2D eigenvalue weighted by atomic mass is 10.1. The molecule has 1 heterocycles. The summed E-state index contributed by atoms with van der Waals surface area (Å²) < 4.78 is 5.58. The Morgan fingerprint density at radius 3 is 2.39 bits per heavy atom. The zero-order valence-electron chi connectivity index (χ0n) is 12.6. The van der Waals surface area contributed by atoms with Crippen LogP contribution in [-0.4, -0.2) is 19.1 Å². The van der Waals surface area contributed by atoms with Gasteiger partial charge in [-0.1, -0.05) is 48.5 Å². The zero-order valence-corrected chi connectivity index (χ0v) is 13.4. The first kappa shape index (κ1) is 15.3. The van der Waals surface area contributed by atoms with Crippen molar-refractivity contribution in [1.29, 1.82) is 0 Å². The summed E-state index contributed by atoms with van der Waals surface area (Å²) in [5.74, 6) is 0.748. The van der Waals surface area contributed by atoms with E-state index in [-0.39, 0.29) is 5.91 Å². The van der Waals surface area contributed by atoms with Crippen LogP contribution in [0, 0.1) is 0 Å². The van der Waals surface area contributed by atoms with Crippen molar-refractivity contribution >= 4 is 17.2 Å². The molecule has 0 aliphatic carbocycles. The molecule has 0 atom stereocenters. The highest BCUT2D eigenvalue weighted by molar-refractivity contribution is 7.12. The van der Waals surface area contributed by atoms with Crippen LogP contribution < -0.4 is 10.1 Å². The normalized spacial score (nSPS) is 10.3. The maximum atomic E-state index is 12.4. The van der Waals surface area contributed by atoms with Crippen LogP contribution in [0.5, 0.6) is 5.75 Å². The molecule has 1 amide bonds. The summed E-state index contributed by atoms with van der Waals surface area (Å²) in [4.78, 5) is 13.1. The van der Waals surface area contributed by atoms with E-state index in [9.17, 15) is 4.79 Å². The summed E-state index contributed by atoms with van der Waals surface area (Å²) >= 11 is 1.45. The fraction of sp³-hybridized carbons (Fsp3) is 0.105. The first-order valence-electron chi connectivity index (χ1n) is 7.43. The van der Waals surface area contributed by atoms with Crippen molar-refractivity contribution in [2.45, 2.75) is 0 Å². The number of carbonyl (C=O) groups excluding carboxylic acids is 1. The number of rotatable bonds is 6. The summed E-state index contributed by atoms with van der Waals surface area (Å²) in [5, 5.41) is 4.85. The largest absolute Gasteiger partial charge is 0.492 e. The highest BCUT2D eigenvalue weighted by atomic mass is 32.1. The van der Waals surface area contributed by atoms with Crippen molar-refractivity contribution in [3.63, 3.8) is 0 Å². The molecular formula is C19H17NO2S. The van der Waals surface area contributed by atoms with E-state index in [0.717, 1.165) is 21.8 Å². The third-order valence-corrected chi connectivity index (χ3v) is 4.27. The summed E-state index contributed by atoms with van der Waals surface area (Å²) in [6.07, 6.45) is 0. The van der Waals surface area contributed by atoms with Gasteiger partial charge in [0.05, 0.1) is 11.4 Å². The predicted molar refractivity (Wildman–Crippen MR) is 94.0 cm³/mol. The van der Waals surface area contributed by atoms with Crippen molar-refractivity contribution in [3.05, 3.63) is 77.0 Å². The molecule has 3 nitrogen and oxygen atoms in total. The third-order valence-electron chi connectivity index (χ3n) is 3.36. The van der Waals surface area contributed by atoms with E-state index in [1.54, 1.807) is 0 Å². The second-order valence-electron chi connectivity index (χ2n) is 4.95. The standard InChI is InChI=1S/C19H17NO2S/c21-19(20-12-13-22-16-9-5-2-6-10-16)18-17(11-14-23-18)15-7-3-1-4-8-15/h1-11,14H,12-13H2,(H,20,21). The molecule has 0 saturated carbocycles. The maximum Gasteiger partial charge on any atom is 0.262 e. The van der Waals surface area contributed by atoms with Crippen LogP contribution >= 0.6 is 11.3 Å². The van der Waals surface area contributed by atoms with E-state index in [1.807, 2.05) is 72.1 Å². The minimum atomic E-state index is -0.0597. The van der Waals surface area contributed by atoms with Crippen molar-refractivity contribution in [3.8, 4) is 16.9 Å². The van der Waals surface area contributed by atoms with Crippen LogP contribution in [0.1, 0.15) is 9.67 Å². The van der Waals surface area contributed by atoms with Gasteiger partial charge in [-0.05, 0) is 29.1 Å². The van der Waals surface area contributed by atoms with E-state index in [1.165, 1.54) is 11.3 Å². The molecule has 2 aromatic carbocycles. The van der Waals surface area contributed by atoms with Gasteiger partial charge >= 0.3 is 0 Å². The zero-order chi connectivity index (χ0) is 15.9. The second-order valence-corrected chi connectivity index (χ2v) is 5.86. The molecule has 0 spiro atoms. The smallest absolute Gasteiger partial charge is 0.262 e. The van der Waals surface area contributed by atoms with Crippen LogP contribution in [0.25, 0.3) is 11.1 Å². The van der Waals surface area contributed by atoms with Crippen molar-refractivity contribution < 1.29 is 9.53 Å². The minimum Gasteiger partial charge on any atom is -0.492 e. The SMILES string of the molecule is O=C(NCCOc1ccccc1)c1sccc1-c1ccccc1. The number of hydrogen-bond acceptors (Lipinski definition) is 3. The number of hydrogen-bond donors (Lipinski definition) is 1. The monoisotopic (exact) mass is 323 g/mol. The molecule has 1 N–H and O–H groups in total. The van der Waals surface area contributed by atoms with E-state index in [2.05, 4.69) is 5.32 Å². The molecule has 1 aromatic heterocycles. The van der Waals surface area contributed by atoms with Crippen molar-refractivity contribution in [1.82, 2.24) is 5.32 Å². The van der Waals surface area contributed by atoms with Crippen LogP contribution in [0.15, 0.2) is 72.1 Å². The first-order valence-corrected chi connectivity index (χ1v) is 8.31. The number of thiophene rings is 1. The molecule has 3 rings (SSSR count). The number of carbonyl (C=O) groups is 1. The molecule has 0 aliphatic heterocycles. The lowest BCUT2D eigenvalue weighted by Crippen LogP contribution is -2.27. The number of amides is 1. The maximum absolute atomic E-state index is 12.4. The Morgan fingerprint density at radius 1 is 0.957 bits per heavy atom. The van der Waals surface area contributed by atoms with Crippen molar-refractivity contribution in [2.24, 2.45) is 0 Å². The van der Waals surface area contributed by atoms with Crippen LogP contribution in [0.4, 0.5) is 0 Å². The Balaban J connectivity index is 1.56. The molecule has 3 aromatic rings. The molecule has 0 fully saturated rings. The second kappa shape index (κ2) is 7.61. The number of para-hydroxylation sites is 1. The molecule has 0 aliphatic rings. The Kier molecular flexibility index (Phi) is 5.06. The lowest BCUT2D eigenvalue weighted by Gasteiger charge is -2.08. The molecule has 0 unspecified atom stereocenters. The summed E-state index contributed by atoms with van der Waals surface area (Å²) in [5.41, 5.74) is 2.02. The molecular weight excluding hydrogens is 306 g/mol. The van der Waals surface area contributed by atoms with Gasteiger partial charge in [0.25, 0.3) is 5.91 Å². The summed E-state index contributed by atoms with van der Waals surface area (Å²) in [6.45, 7) is 0.918. The molecule has 0 saturated heterocycles. The van der Waals surface area contributed by atoms with Crippen LogP contribution in [-0.2, 0) is 0 Å². The van der Waals surface area contributed by atoms with Gasteiger partial charge in [0.2, 0.25) is 0 Å².